The second-order valence-electron chi connectivity index (χ2n) is 2.90. The molecular weight excluding hydrogens is 280 g/mol. The summed E-state index contributed by atoms with van der Waals surface area (Å²) >= 11 is 3.32. The van der Waals surface area contributed by atoms with Crippen LogP contribution in [-0.2, 0) is 16.6 Å². The van der Waals surface area contributed by atoms with Gasteiger partial charge in [-0.15, -0.1) is 0 Å². The SMILES string of the molecule is C=CS(=O)(=O)NCc1ccc(Br)c(C)n1. The predicted molar refractivity (Wildman–Crippen MR) is 62.6 cm³/mol. The second kappa shape index (κ2) is 4.87. The van der Waals surface area contributed by atoms with Gasteiger partial charge in [0.25, 0.3) is 0 Å². The Balaban J connectivity index is 2.75. The third-order valence-corrected chi connectivity index (χ3v) is 3.58. The number of hydrogen-bond donors (Lipinski definition) is 1. The van der Waals surface area contributed by atoms with Crippen LogP contribution in [0.2, 0.25) is 0 Å². The largest absolute Gasteiger partial charge is 0.256 e. The van der Waals surface area contributed by atoms with Gasteiger partial charge in [0.15, 0.2) is 0 Å². The highest BCUT2D eigenvalue weighted by Gasteiger charge is 2.05. The highest BCUT2D eigenvalue weighted by Crippen LogP contribution is 2.13. The molecule has 1 aromatic heterocycles. The van der Waals surface area contributed by atoms with Crippen molar-refractivity contribution in [2.45, 2.75) is 13.5 Å². The fraction of sp³-hybridized carbons (Fsp3) is 0.222. The molecule has 15 heavy (non-hydrogen) atoms. The monoisotopic (exact) mass is 290 g/mol. The summed E-state index contributed by atoms with van der Waals surface area (Å²) in [6.45, 7) is 5.21. The number of aromatic nitrogens is 1. The minimum Gasteiger partial charge on any atom is -0.256 e. The lowest BCUT2D eigenvalue weighted by Gasteiger charge is -2.04. The van der Waals surface area contributed by atoms with Gasteiger partial charge in [0, 0.05) is 9.88 Å². The zero-order valence-corrected chi connectivity index (χ0v) is 10.6. The average molecular weight is 291 g/mol. The van der Waals surface area contributed by atoms with Gasteiger partial charge in [-0.3, -0.25) is 4.98 Å². The van der Waals surface area contributed by atoms with Gasteiger partial charge in [0.1, 0.15) is 0 Å². The van der Waals surface area contributed by atoms with E-state index in [2.05, 4.69) is 32.2 Å². The number of aryl methyl sites for hydroxylation is 1. The zero-order chi connectivity index (χ0) is 11.5. The van der Waals surface area contributed by atoms with E-state index in [0.29, 0.717) is 5.69 Å². The predicted octanol–water partition coefficient (Wildman–Crippen LogP) is 1.72. The van der Waals surface area contributed by atoms with Crippen LogP contribution in [0.1, 0.15) is 11.4 Å². The minimum atomic E-state index is -3.38. The lowest BCUT2D eigenvalue weighted by Crippen LogP contribution is -2.21. The van der Waals surface area contributed by atoms with Gasteiger partial charge in [-0.25, -0.2) is 13.1 Å². The number of hydrogen-bond acceptors (Lipinski definition) is 3. The maximum Gasteiger partial charge on any atom is 0.233 e. The van der Waals surface area contributed by atoms with Crippen LogP contribution in [0.15, 0.2) is 28.6 Å². The molecule has 0 bridgehead atoms. The molecule has 0 aromatic carbocycles. The van der Waals surface area contributed by atoms with Crippen molar-refractivity contribution < 1.29 is 8.42 Å². The molecule has 82 valence electrons. The highest BCUT2D eigenvalue weighted by molar-refractivity contribution is 9.10. The Labute approximate surface area is 97.6 Å². The fourth-order valence-corrected chi connectivity index (χ4v) is 1.62. The van der Waals surface area contributed by atoms with Crippen LogP contribution in [0.4, 0.5) is 0 Å². The van der Waals surface area contributed by atoms with Crippen LogP contribution < -0.4 is 4.72 Å². The molecule has 1 heterocycles. The first kappa shape index (κ1) is 12.4. The van der Waals surface area contributed by atoms with E-state index >= 15 is 0 Å². The van der Waals surface area contributed by atoms with Crippen molar-refractivity contribution in [1.82, 2.24) is 9.71 Å². The van der Waals surface area contributed by atoms with E-state index in [4.69, 9.17) is 0 Å². The Morgan fingerprint density at radius 3 is 2.80 bits per heavy atom. The summed E-state index contributed by atoms with van der Waals surface area (Å²) < 4.78 is 25.4. The van der Waals surface area contributed by atoms with E-state index in [0.717, 1.165) is 15.6 Å². The van der Waals surface area contributed by atoms with Crippen molar-refractivity contribution >= 4 is 26.0 Å². The molecule has 6 heteroatoms. The Hall–Kier alpha value is -0.720. The number of nitrogens with zero attached hydrogens (tertiary/aromatic N) is 1. The molecule has 1 aromatic rings. The third-order valence-electron chi connectivity index (χ3n) is 1.75. The molecule has 1 rings (SSSR count). The van der Waals surface area contributed by atoms with Gasteiger partial charge >= 0.3 is 0 Å². The molecule has 0 fully saturated rings. The first-order valence-corrected chi connectivity index (χ1v) is 6.52. The van der Waals surface area contributed by atoms with E-state index in [-0.39, 0.29) is 6.54 Å². The van der Waals surface area contributed by atoms with Crippen LogP contribution in [0.25, 0.3) is 0 Å². The van der Waals surface area contributed by atoms with Crippen LogP contribution in [0, 0.1) is 6.92 Å². The van der Waals surface area contributed by atoms with Crippen molar-refractivity contribution in [2.24, 2.45) is 0 Å². The summed E-state index contributed by atoms with van der Waals surface area (Å²) in [5, 5.41) is 0.874. The van der Waals surface area contributed by atoms with Gasteiger partial charge in [0.05, 0.1) is 17.9 Å². The van der Waals surface area contributed by atoms with Crippen LogP contribution in [0.3, 0.4) is 0 Å². The smallest absolute Gasteiger partial charge is 0.233 e. The summed E-state index contributed by atoms with van der Waals surface area (Å²) in [7, 11) is -3.38. The lowest BCUT2D eigenvalue weighted by atomic mass is 10.3. The molecule has 0 unspecified atom stereocenters. The molecule has 1 N–H and O–H groups in total. The number of pyridine rings is 1. The first-order valence-electron chi connectivity index (χ1n) is 4.19. The Morgan fingerprint density at radius 1 is 1.60 bits per heavy atom. The van der Waals surface area contributed by atoms with Crippen molar-refractivity contribution in [3.8, 4) is 0 Å². The average Bonchev–Trinajstić information content (AvgIpc) is 2.20. The van der Waals surface area contributed by atoms with Crippen molar-refractivity contribution in [3.05, 3.63) is 40.0 Å². The maximum atomic E-state index is 11.1. The number of rotatable bonds is 4. The normalized spacial score (nSPS) is 11.3. The Kier molecular flexibility index (Phi) is 4.01. The van der Waals surface area contributed by atoms with E-state index in [1.165, 1.54) is 0 Å². The Bertz CT molecular complexity index is 471. The lowest BCUT2D eigenvalue weighted by molar-refractivity contribution is 0.589. The van der Waals surface area contributed by atoms with Crippen LogP contribution in [0.5, 0.6) is 0 Å². The van der Waals surface area contributed by atoms with Gasteiger partial charge in [-0.1, -0.05) is 6.58 Å². The molecule has 0 saturated heterocycles. The number of nitrogens with one attached hydrogen (secondary N) is 1. The summed E-state index contributed by atoms with van der Waals surface area (Å²) in [4.78, 5) is 4.20. The number of halogens is 1. The minimum absolute atomic E-state index is 0.169. The van der Waals surface area contributed by atoms with Crippen LogP contribution >= 0.6 is 15.9 Å². The van der Waals surface area contributed by atoms with Crippen molar-refractivity contribution in [3.63, 3.8) is 0 Å². The summed E-state index contributed by atoms with van der Waals surface area (Å²) in [6, 6.07) is 3.59. The molecule has 4 nitrogen and oxygen atoms in total. The van der Waals surface area contributed by atoms with Gasteiger partial charge in [-0.2, -0.15) is 0 Å². The molecule has 0 amide bonds. The van der Waals surface area contributed by atoms with E-state index < -0.39 is 10.0 Å². The summed E-state index contributed by atoms with van der Waals surface area (Å²) in [5.41, 5.74) is 1.49. The van der Waals surface area contributed by atoms with Gasteiger partial charge < -0.3 is 0 Å². The Morgan fingerprint density at radius 2 is 2.27 bits per heavy atom. The molecule has 0 spiro atoms. The molecule has 0 aliphatic rings. The molecule has 0 aliphatic carbocycles. The summed E-state index contributed by atoms with van der Waals surface area (Å²) in [5.74, 6) is 0. The van der Waals surface area contributed by atoms with Crippen LogP contribution in [-0.4, -0.2) is 13.4 Å². The maximum absolute atomic E-state index is 11.1. The second-order valence-corrected chi connectivity index (χ2v) is 5.47. The molecule has 0 atom stereocenters. The van der Waals surface area contributed by atoms with E-state index in [1.54, 1.807) is 6.07 Å². The number of sulfonamides is 1. The first-order chi connectivity index (χ1) is 6.94. The standard InChI is InChI=1S/C9H11BrN2O2S/c1-3-15(13,14)11-6-8-4-5-9(10)7(2)12-8/h3-5,11H,1,6H2,2H3. The van der Waals surface area contributed by atoms with Crippen molar-refractivity contribution in [2.75, 3.05) is 0 Å². The molecule has 0 saturated carbocycles. The topological polar surface area (TPSA) is 59.1 Å². The highest BCUT2D eigenvalue weighted by atomic mass is 79.9. The molecule has 0 radical (unpaired) electrons. The zero-order valence-electron chi connectivity index (χ0n) is 8.20. The summed E-state index contributed by atoms with van der Waals surface area (Å²) in [6.07, 6.45) is 0. The fourth-order valence-electron chi connectivity index (χ4n) is 0.928. The third kappa shape index (κ3) is 3.73. The molecule has 0 aliphatic heterocycles. The van der Waals surface area contributed by atoms with E-state index in [9.17, 15) is 8.42 Å². The van der Waals surface area contributed by atoms with E-state index in [1.807, 2.05) is 13.0 Å². The van der Waals surface area contributed by atoms with Gasteiger partial charge in [-0.05, 0) is 35.0 Å². The quantitative estimate of drug-likeness (QED) is 0.918. The van der Waals surface area contributed by atoms with Gasteiger partial charge in [0.2, 0.25) is 10.0 Å². The van der Waals surface area contributed by atoms with Crippen molar-refractivity contribution in [1.29, 1.82) is 0 Å². The molecular formula is C9H11BrN2O2S.